The smallest absolute Gasteiger partial charge is 0.135 e. The Bertz CT molecular complexity index is 609. The van der Waals surface area contributed by atoms with Crippen molar-refractivity contribution in [2.24, 2.45) is 5.92 Å². The maximum Gasteiger partial charge on any atom is 0.135 e. The summed E-state index contributed by atoms with van der Waals surface area (Å²) in [5.74, 6) is 1.75. The second kappa shape index (κ2) is 5.94. The summed E-state index contributed by atoms with van der Waals surface area (Å²) in [5.41, 5.74) is 0.571. The topological polar surface area (TPSA) is 88.8 Å². The van der Waals surface area contributed by atoms with Gasteiger partial charge < -0.3 is 15.0 Å². The molecule has 3 heterocycles. The summed E-state index contributed by atoms with van der Waals surface area (Å²) >= 11 is 0. The fourth-order valence-corrected chi connectivity index (χ4v) is 2.75. The number of aliphatic hydroxyl groups is 1. The molecule has 1 saturated heterocycles. The van der Waals surface area contributed by atoms with Gasteiger partial charge in [-0.2, -0.15) is 5.26 Å². The van der Waals surface area contributed by atoms with E-state index in [0.29, 0.717) is 11.4 Å². The number of nitriles is 1. The van der Waals surface area contributed by atoms with Crippen LogP contribution in [-0.2, 0) is 0 Å². The van der Waals surface area contributed by atoms with E-state index < -0.39 is 6.10 Å². The zero-order valence-corrected chi connectivity index (χ0v) is 11.6. The Labute approximate surface area is 123 Å². The standard InChI is InChI=1S/C15H17N5O/c16-9-11-1-2-13(19-10-11)20-7-3-12(4-8-20)14(21)15-17-5-6-18-15/h1-2,5-6,10,12,14,21H,3-4,7-8H2,(H,17,18)/t14-/m0/s1. The maximum atomic E-state index is 10.3. The number of hydrogen-bond donors (Lipinski definition) is 2. The van der Waals surface area contributed by atoms with Crippen molar-refractivity contribution in [3.05, 3.63) is 42.1 Å². The Hall–Kier alpha value is -2.39. The lowest BCUT2D eigenvalue weighted by Crippen LogP contribution is -2.36. The van der Waals surface area contributed by atoms with Gasteiger partial charge in [0.15, 0.2) is 0 Å². The Morgan fingerprint density at radius 3 is 2.71 bits per heavy atom. The minimum atomic E-state index is -0.531. The molecule has 1 atom stereocenters. The summed E-state index contributed by atoms with van der Waals surface area (Å²) < 4.78 is 0. The van der Waals surface area contributed by atoms with Crippen molar-refractivity contribution in [1.82, 2.24) is 15.0 Å². The van der Waals surface area contributed by atoms with Crippen molar-refractivity contribution < 1.29 is 5.11 Å². The van der Waals surface area contributed by atoms with Crippen LogP contribution in [0.1, 0.15) is 30.3 Å². The largest absolute Gasteiger partial charge is 0.385 e. The van der Waals surface area contributed by atoms with Gasteiger partial charge in [-0.1, -0.05) is 0 Å². The number of H-pyrrole nitrogens is 1. The summed E-state index contributed by atoms with van der Waals surface area (Å²) in [6.45, 7) is 1.70. The van der Waals surface area contributed by atoms with Crippen molar-refractivity contribution >= 4 is 5.82 Å². The van der Waals surface area contributed by atoms with Crippen molar-refractivity contribution in [2.45, 2.75) is 18.9 Å². The molecular formula is C15H17N5O. The Kier molecular flexibility index (Phi) is 3.84. The summed E-state index contributed by atoms with van der Waals surface area (Å²) in [6.07, 6.45) is 6.24. The molecule has 1 aliphatic rings. The Morgan fingerprint density at radius 1 is 1.33 bits per heavy atom. The van der Waals surface area contributed by atoms with E-state index in [1.807, 2.05) is 6.07 Å². The molecule has 0 saturated carbocycles. The van der Waals surface area contributed by atoms with Gasteiger partial charge >= 0.3 is 0 Å². The highest BCUT2D eigenvalue weighted by atomic mass is 16.3. The van der Waals surface area contributed by atoms with Gasteiger partial charge in [0.1, 0.15) is 23.8 Å². The van der Waals surface area contributed by atoms with Gasteiger partial charge in [0.2, 0.25) is 0 Å². The van der Waals surface area contributed by atoms with E-state index in [2.05, 4.69) is 25.9 Å². The molecule has 0 radical (unpaired) electrons. The molecule has 0 unspecified atom stereocenters. The van der Waals surface area contributed by atoms with E-state index in [4.69, 9.17) is 5.26 Å². The van der Waals surface area contributed by atoms with Crippen molar-refractivity contribution in [3.63, 3.8) is 0 Å². The molecule has 6 heteroatoms. The number of imidazole rings is 1. The van der Waals surface area contributed by atoms with E-state index in [9.17, 15) is 5.11 Å². The molecule has 0 spiro atoms. The fourth-order valence-electron chi connectivity index (χ4n) is 2.75. The molecule has 6 nitrogen and oxygen atoms in total. The molecule has 1 fully saturated rings. The highest BCUT2D eigenvalue weighted by molar-refractivity contribution is 5.42. The van der Waals surface area contributed by atoms with Crippen LogP contribution in [0.5, 0.6) is 0 Å². The van der Waals surface area contributed by atoms with Crippen LogP contribution in [0.4, 0.5) is 5.82 Å². The third-order valence-corrected chi connectivity index (χ3v) is 3.99. The second-order valence-corrected chi connectivity index (χ2v) is 5.26. The highest BCUT2D eigenvalue weighted by Crippen LogP contribution is 2.30. The Balaban J connectivity index is 1.61. The van der Waals surface area contributed by atoms with Crippen molar-refractivity contribution in [3.8, 4) is 6.07 Å². The number of hydrogen-bond acceptors (Lipinski definition) is 5. The third kappa shape index (κ3) is 2.88. The predicted molar refractivity (Wildman–Crippen MR) is 77.4 cm³/mol. The number of piperidine rings is 1. The second-order valence-electron chi connectivity index (χ2n) is 5.26. The van der Waals surface area contributed by atoms with E-state index in [1.54, 1.807) is 24.7 Å². The molecule has 21 heavy (non-hydrogen) atoms. The van der Waals surface area contributed by atoms with Gasteiger partial charge in [0.05, 0.1) is 5.56 Å². The molecule has 1 aliphatic heterocycles. The molecule has 0 aliphatic carbocycles. The van der Waals surface area contributed by atoms with E-state index >= 15 is 0 Å². The van der Waals surface area contributed by atoms with Gasteiger partial charge in [-0.05, 0) is 30.9 Å². The van der Waals surface area contributed by atoms with Gasteiger partial charge in [0, 0.05) is 31.7 Å². The minimum absolute atomic E-state index is 0.214. The van der Waals surface area contributed by atoms with Crippen LogP contribution in [0.3, 0.4) is 0 Å². The molecule has 108 valence electrons. The highest BCUT2D eigenvalue weighted by Gasteiger charge is 2.27. The van der Waals surface area contributed by atoms with Crippen LogP contribution in [0.2, 0.25) is 0 Å². The SMILES string of the molecule is N#Cc1ccc(N2CCC([C@H](O)c3ncc[nH]3)CC2)nc1. The molecule has 0 amide bonds. The number of nitrogens with zero attached hydrogens (tertiary/aromatic N) is 4. The molecule has 3 rings (SSSR count). The Morgan fingerprint density at radius 2 is 2.14 bits per heavy atom. The lowest BCUT2D eigenvalue weighted by atomic mass is 9.91. The number of aromatic amines is 1. The zero-order chi connectivity index (χ0) is 14.7. The van der Waals surface area contributed by atoms with Crippen LogP contribution >= 0.6 is 0 Å². The summed E-state index contributed by atoms with van der Waals surface area (Å²) in [6, 6.07) is 5.73. The van der Waals surface area contributed by atoms with Crippen LogP contribution in [-0.4, -0.2) is 33.1 Å². The van der Waals surface area contributed by atoms with E-state index in [-0.39, 0.29) is 5.92 Å². The number of rotatable bonds is 3. The van der Waals surface area contributed by atoms with Gasteiger partial charge in [-0.15, -0.1) is 0 Å². The van der Waals surface area contributed by atoms with Crippen LogP contribution < -0.4 is 4.90 Å². The monoisotopic (exact) mass is 283 g/mol. The number of aromatic nitrogens is 3. The van der Waals surface area contributed by atoms with Crippen LogP contribution in [0, 0.1) is 17.2 Å². The number of anilines is 1. The van der Waals surface area contributed by atoms with Crippen molar-refractivity contribution in [2.75, 3.05) is 18.0 Å². The lowest BCUT2D eigenvalue weighted by molar-refractivity contribution is 0.0856. The summed E-state index contributed by atoms with van der Waals surface area (Å²) in [4.78, 5) is 13.6. The van der Waals surface area contributed by atoms with Gasteiger partial charge in [0.25, 0.3) is 0 Å². The predicted octanol–water partition coefficient (Wildman–Crippen LogP) is 1.63. The number of pyridine rings is 1. The summed E-state index contributed by atoms with van der Waals surface area (Å²) in [7, 11) is 0. The minimum Gasteiger partial charge on any atom is -0.385 e. The summed E-state index contributed by atoms with van der Waals surface area (Å²) in [5, 5.41) is 19.1. The first-order chi connectivity index (χ1) is 10.3. The first-order valence-electron chi connectivity index (χ1n) is 7.06. The lowest BCUT2D eigenvalue weighted by Gasteiger charge is -2.34. The average Bonchev–Trinajstić information content (AvgIpc) is 3.09. The molecule has 0 bridgehead atoms. The number of aliphatic hydroxyl groups excluding tert-OH is 1. The first kappa shape index (κ1) is 13.6. The molecular weight excluding hydrogens is 266 g/mol. The van der Waals surface area contributed by atoms with Crippen LogP contribution in [0.25, 0.3) is 0 Å². The van der Waals surface area contributed by atoms with E-state index in [1.165, 1.54) is 0 Å². The molecule has 2 N–H and O–H groups in total. The quantitative estimate of drug-likeness (QED) is 0.893. The molecule has 2 aromatic rings. The average molecular weight is 283 g/mol. The molecule has 2 aromatic heterocycles. The van der Waals surface area contributed by atoms with Crippen LogP contribution in [0.15, 0.2) is 30.7 Å². The number of nitrogens with one attached hydrogen (secondary N) is 1. The maximum absolute atomic E-state index is 10.3. The molecule has 0 aromatic carbocycles. The van der Waals surface area contributed by atoms with Gasteiger partial charge in [-0.3, -0.25) is 0 Å². The van der Waals surface area contributed by atoms with Crippen molar-refractivity contribution in [1.29, 1.82) is 5.26 Å². The van der Waals surface area contributed by atoms with E-state index in [0.717, 1.165) is 31.7 Å². The fraction of sp³-hybridized carbons (Fsp3) is 0.400. The zero-order valence-electron chi connectivity index (χ0n) is 11.6. The normalized spacial score (nSPS) is 17.4. The first-order valence-corrected chi connectivity index (χ1v) is 7.06. The third-order valence-electron chi connectivity index (χ3n) is 3.99. The van der Waals surface area contributed by atoms with Gasteiger partial charge in [-0.25, -0.2) is 9.97 Å².